The lowest BCUT2D eigenvalue weighted by molar-refractivity contribution is 0.0595. The van der Waals surface area contributed by atoms with Crippen LogP contribution < -0.4 is 5.32 Å². The molecule has 0 spiro atoms. The Bertz CT molecular complexity index is 797. The van der Waals surface area contributed by atoms with E-state index in [1.807, 2.05) is 0 Å². The second kappa shape index (κ2) is 6.93. The van der Waals surface area contributed by atoms with Crippen LogP contribution in [0.1, 0.15) is 20.7 Å². The Morgan fingerprint density at radius 2 is 1.74 bits per heavy atom. The Balaban J connectivity index is 2.35. The first-order valence-electron chi connectivity index (χ1n) is 6.17. The molecule has 0 aliphatic carbocycles. The third kappa shape index (κ3) is 3.78. The third-order valence-electron chi connectivity index (χ3n) is 2.89. The molecule has 8 heteroatoms. The molecule has 2 aromatic carbocycles. The van der Waals surface area contributed by atoms with Crippen molar-refractivity contribution in [3.63, 3.8) is 0 Å². The van der Waals surface area contributed by atoms with Crippen LogP contribution in [-0.2, 0) is 4.74 Å². The fourth-order valence-corrected chi connectivity index (χ4v) is 2.27. The summed E-state index contributed by atoms with van der Waals surface area (Å²) in [7, 11) is 1.05. The summed E-state index contributed by atoms with van der Waals surface area (Å²) in [4.78, 5) is 23.5. The van der Waals surface area contributed by atoms with Crippen LogP contribution in [0, 0.1) is 11.6 Å². The van der Waals surface area contributed by atoms with E-state index in [1.165, 1.54) is 18.2 Å². The summed E-state index contributed by atoms with van der Waals surface area (Å²) in [5.41, 5.74) is -0.853. The number of anilines is 1. The highest BCUT2D eigenvalue weighted by Gasteiger charge is 2.19. The van der Waals surface area contributed by atoms with Crippen molar-refractivity contribution < 1.29 is 23.1 Å². The van der Waals surface area contributed by atoms with Crippen LogP contribution in [0.2, 0.25) is 10.0 Å². The van der Waals surface area contributed by atoms with Gasteiger partial charge in [0.15, 0.2) is 0 Å². The molecule has 0 aromatic heterocycles. The van der Waals surface area contributed by atoms with Gasteiger partial charge < -0.3 is 10.1 Å². The molecule has 0 bridgehead atoms. The lowest BCUT2D eigenvalue weighted by Crippen LogP contribution is -2.15. The summed E-state index contributed by atoms with van der Waals surface area (Å²) in [6.07, 6.45) is 0. The smallest absolute Gasteiger partial charge is 0.340 e. The number of rotatable bonds is 3. The normalized spacial score (nSPS) is 10.3. The van der Waals surface area contributed by atoms with Crippen LogP contribution in [0.4, 0.5) is 14.5 Å². The van der Waals surface area contributed by atoms with Gasteiger partial charge in [-0.2, -0.15) is 0 Å². The van der Waals surface area contributed by atoms with E-state index < -0.39 is 29.1 Å². The number of ether oxygens (including phenoxy) is 1. The van der Waals surface area contributed by atoms with Gasteiger partial charge in [-0.1, -0.05) is 23.2 Å². The van der Waals surface area contributed by atoms with Gasteiger partial charge in [0, 0.05) is 11.1 Å². The molecule has 0 aliphatic heterocycles. The Labute approximate surface area is 140 Å². The zero-order chi connectivity index (χ0) is 17.1. The van der Waals surface area contributed by atoms with Crippen molar-refractivity contribution in [1.82, 2.24) is 0 Å². The van der Waals surface area contributed by atoms with Gasteiger partial charge in [0.2, 0.25) is 0 Å². The maximum atomic E-state index is 13.8. The van der Waals surface area contributed by atoms with Crippen molar-refractivity contribution in [2.75, 3.05) is 12.4 Å². The quantitative estimate of drug-likeness (QED) is 0.830. The molecule has 2 rings (SSSR count). The lowest BCUT2D eigenvalue weighted by Gasteiger charge is -2.10. The van der Waals surface area contributed by atoms with Gasteiger partial charge in [0.1, 0.15) is 11.6 Å². The highest BCUT2D eigenvalue weighted by molar-refractivity contribution is 6.37. The molecule has 0 heterocycles. The number of carbonyl (C=O) groups excluding carboxylic acids is 2. The molecule has 2 aromatic rings. The number of hydrogen-bond donors (Lipinski definition) is 1. The summed E-state index contributed by atoms with van der Waals surface area (Å²) in [6, 6.07) is 5.45. The molecule has 0 fully saturated rings. The van der Waals surface area contributed by atoms with Crippen molar-refractivity contribution in [1.29, 1.82) is 0 Å². The van der Waals surface area contributed by atoms with E-state index in [2.05, 4.69) is 10.1 Å². The lowest BCUT2D eigenvalue weighted by atomic mass is 10.1. The summed E-state index contributed by atoms with van der Waals surface area (Å²) in [5.74, 6) is -3.89. The second-order valence-electron chi connectivity index (χ2n) is 4.38. The first-order chi connectivity index (χ1) is 10.8. The molecule has 0 atom stereocenters. The van der Waals surface area contributed by atoms with E-state index >= 15 is 0 Å². The zero-order valence-corrected chi connectivity index (χ0v) is 13.1. The van der Waals surface area contributed by atoms with Crippen LogP contribution in [-0.4, -0.2) is 19.0 Å². The first-order valence-corrected chi connectivity index (χ1v) is 6.93. The fraction of sp³-hybridized carbons (Fsp3) is 0.0667. The molecule has 0 saturated carbocycles. The van der Waals surface area contributed by atoms with Crippen molar-refractivity contribution in [2.45, 2.75) is 0 Å². The Hall–Kier alpha value is -2.18. The van der Waals surface area contributed by atoms with Crippen molar-refractivity contribution in [3.8, 4) is 0 Å². The minimum Gasteiger partial charge on any atom is -0.465 e. The molecule has 0 radical (unpaired) electrons. The predicted molar refractivity (Wildman–Crippen MR) is 82.1 cm³/mol. The SMILES string of the molecule is COC(=O)c1cc(NC(=O)c2ccc(Cl)cc2Cl)c(F)cc1F. The highest BCUT2D eigenvalue weighted by Crippen LogP contribution is 2.24. The zero-order valence-electron chi connectivity index (χ0n) is 11.6. The van der Waals surface area contributed by atoms with E-state index in [0.717, 1.165) is 13.2 Å². The average molecular weight is 360 g/mol. The Kier molecular flexibility index (Phi) is 5.18. The first kappa shape index (κ1) is 17.2. The average Bonchev–Trinajstić information content (AvgIpc) is 2.49. The minimum atomic E-state index is -1.10. The number of nitrogens with one attached hydrogen (secondary N) is 1. The number of halogens is 4. The van der Waals surface area contributed by atoms with Gasteiger partial charge in [-0.3, -0.25) is 4.79 Å². The van der Waals surface area contributed by atoms with Gasteiger partial charge in [-0.05, 0) is 24.3 Å². The largest absolute Gasteiger partial charge is 0.465 e. The molecule has 1 amide bonds. The second-order valence-corrected chi connectivity index (χ2v) is 5.23. The molecule has 4 nitrogen and oxygen atoms in total. The monoisotopic (exact) mass is 359 g/mol. The van der Waals surface area contributed by atoms with Gasteiger partial charge in [0.05, 0.1) is 28.9 Å². The van der Waals surface area contributed by atoms with Gasteiger partial charge in [-0.15, -0.1) is 0 Å². The van der Waals surface area contributed by atoms with Crippen LogP contribution in [0.25, 0.3) is 0 Å². The van der Waals surface area contributed by atoms with E-state index in [4.69, 9.17) is 23.2 Å². The predicted octanol–water partition coefficient (Wildman–Crippen LogP) is 4.31. The van der Waals surface area contributed by atoms with E-state index in [1.54, 1.807) is 0 Å². The topological polar surface area (TPSA) is 55.4 Å². The van der Waals surface area contributed by atoms with E-state index in [0.29, 0.717) is 11.1 Å². The molecule has 23 heavy (non-hydrogen) atoms. The third-order valence-corrected chi connectivity index (χ3v) is 3.43. The summed E-state index contributed by atoms with van der Waals surface area (Å²) in [6.45, 7) is 0. The van der Waals surface area contributed by atoms with Crippen molar-refractivity contribution >= 4 is 40.8 Å². The molecule has 120 valence electrons. The molecule has 1 N–H and O–H groups in total. The molecule has 0 saturated heterocycles. The number of carbonyl (C=O) groups is 2. The Morgan fingerprint density at radius 3 is 2.35 bits per heavy atom. The van der Waals surface area contributed by atoms with Crippen LogP contribution in [0.3, 0.4) is 0 Å². The van der Waals surface area contributed by atoms with Crippen molar-refractivity contribution in [2.24, 2.45) is 0 Å². The summed E-state index contributed by atoms with van der Waals surface area (Å²) in [5, 5.41) is 2.60. The number of amides is 1. The molecule has 0 aliphatic rings. The standard InChI is InChI=1S/C15H9Cl2F2NO3/c1-23-15(22)9-5-13(12(19)6-11(9)18)20-14(21)8-3-2-7(16)4-10(8)17/h2-6H,1H3,(H,20,21). The summed E-state index contributed by atoms with van der Waals surface area (Å²) < 4.78 is 31.7. The van der Waals surface area contributed by atoms with E-state index in [9.17, 15) is 18.4 Å². The fourth-order valence-electron chi connectivity index (χ4n) is 1.77. The number of methoxy groups -OCH3 is 1. The number of esters is 1. The number of benzene rings is 2. The molecule has 0 unspecified atom stereocenters. The van der Waals surface area contributed by atoms with Gasteiger partial charge in [0.25, 0.3) is 5.91 Å². The van der Waals surface area contributed by atoms with Crippen LogP contribution >= 0.6 is 23.2 Å². The minimum absolute atomic E-state index is 0.0411. The summed E-state index contributed by atoms with van der Waals surface area (Å²) >= 11 is 11.6. The highest BCUT2D eigenvalue weighted by atomic mass is 35.5. The van der Waals surface area contributed by atoms with Gasteiger partial charge in [-0.25, -0.2) is 13.6 Å². The van der Waals surface area contributed by atoms with Crippen molar-refractivity contribution in [3.05, 3.63) is 63.1 Å². The van der Waals surface area contributed by atoms with E-state index in [-0.39, 0.29) is 16.3 Å². The molecular weight excluding hydrogens is 351 g/mol. The Morgan fingerprint density at radius 1 is 1.04 bits per heavy atom. The molecular formula is C15H9Cl2F2NO3. The van der Waals surface area contributed by atoms with Crippen LogP contribution in [0.15, 0.2) is 30.3 Å². The maximum Gasteiger partial charge on any atom is 0.340 e. The van der Waals surface area contributed by atoms with Crippen LogP contribution in [0.5, 0.6) is 0 Å². The number of hydrogen-bond acceptors (Lipinski definition) is 3. The van der Waals surface area contributed by atoms with Gasteiger partial charge >= 0.3 is 5.97 Å². The maximum absolute atomic E-state index is 13.8.